The highest BCUT2D eigenvalue weighted by molar-refractivity contribution is 6.09. The fraction of sp³-hybridized carbons (Fsp3) is 0.0769. The van der Waals surface area contributed by atoms with Crippen LogP contribution in [0.4, 0.5) is 51.2 Å². The molecule has 0 aliphatic heterocycles. The van der Waals surface area contributed by atoms with Crippen LogP contribution in [0.2, 0.25) is 0 Å². The highest BCUT2D eigenvalue weighted by atomic mass is 16.3. The van der Waals surface area contributed by atoms with Gasteiger partial charge in [-0.05, 0) is 185 Å². The van der Waals surface area contributed by atoms with Crippen LogP contribution in [0.3, 0.4) is 0 Å². The van der Waals surface area contributed by atoms with E-state index < -0.39 is 0 Å². The number of hydrogen-bond donors (Lipinski definition) is 0. The van der Waals surface area contributed by atoms with E-state index in [1.165, 1.54) is 27.8 Å². The van der Waals surface area contributed by atoms with Crippen LogP contribution >= 0.6 is 0 Å². The summed E-state index contributed by atoms with van der Waals surface area (Å²) in [5.74, 6) is 0. The molecule has 0 saturated heterocycles. The number of nitrogens with zero attached hydrogens (tertiary/aromatic N) is 3. The van der Waals surface area contributed by atoms with Crippen molar-refractivity contribution < 1.29 is 8.83 Å². The van der Waals surface area contributed by atoms with Gasteiger partial charge in [-0.2, -0.15) is 0 Å². The van der Waals surface area contributed by atoms with Crippen LogP contribution in [-0.2, 0) is 0 Å². The average molecular weight is 906 g/mol. The van der Waals surface area contributed by atoms with Crippen LogP contribution < -0.4 is 14.7 Å². The molecule has 0 saturated carbocycles. The zero-order chi connectivity index (χ0) is 47.5. The quantitative estimate of drug-likeness (QED) is 0.137. The lowest BCUT2D eigenvalue weighted by Gasteiger charge is -2.26. The van der Waals surface area contributed by atoms with Crippen LogP contribution in [0.5, 0.6) is 0 Å². The summed E-state index contributed by atoms with van der Waals surface area (Å²) < 4.78 is 12.9. The van der Waals surface area contributed by atoms with Crippen molar-refractivity contribution in [2.24, 2.45) is 0 Å². The van der Waals surface area contributed by atoms with E-state index in [9.17, 15) is 0 Å². The Balaban J connectivity index is 0.913. The third kappa shape index (κ3) is 7.91. The van der Waals surface area contributed by atoms with Gasteiger partial charge in [0, 0.05) is 72.7 Å². The highest BCUT2D eigenvalue weighted by Crippen LogP contribution is 2.44. The number of rotatable bonds is 10. The maximum atomic E-state index is 6.58. The Labute approximate surface area is 408 Å². The van der Waals surface area contributed by atoms with Crippen molar-refractivity contribution in [2.75, 3.05) is 14.7 Å². The van der Waals surface area contributed by atoms with Crippen LogP contribution in [0.1, 0.15) is 27.8 Å². The summed E-state index contributed by atoms with van der Waals surface area (Å²) >= 11 is 0. The number of fused-ring (bicyclic) bond motifs is 6. The molecule has 0 radical (unpaired) electrons. The molecule has 2 heterocycles. The molecule has 0 spiro atoms. The fourth-order valence-corrected chi connectivity index (χ4v) is 9.77. The molecule has 0 amide bonds. The van der Waals surface area contributed by atoms with Gasteiger partial charge in [0.15, 0.2) is 0 Å². The molecule has 0 fully saturated rings. The second-order valence-corrected chi connectivity index (χ2v) is 18.7. The standard InChI is InChI=1S/C65H51N3O2/c1-42-6-19-49(20-7-42)66(50-21-8-43(2)9-22-50)53-27-15-47(16-28-53)48-17-29-54(30-18-48)67(51-23-10-44(3)11-24-51)55-31-35-64-60(39-55)61-41-57(33-37-65(61)70-64)68(52-25-12-45(4)13-26-52)56-32-36-63-59(40-56)58-38-46(5)14-34-62(58)69-63/h6-41H,1-5H3. The molecule has 10 aromatic carbocycles. The summed E-state index contributed by atoms with van der Waals surface area (Å²) in [6.45, 7) is 10.6. The predicted octanol–water partition coefficient (Wildman–Crippen LogP) is 19.1. The summed E-state index contributed by atoms with van der Waals surface area (Å²) in [6, 6.07) is 78.7. The molecule has 0 unspecified atom stereocenters. The highest BCUT2D eigenvalue weighted by Gasteiger charge is 2.20. The first-order chi connectivity index (χ1) is 34.2. The second kappa shape index (κ2) is 17.4. The molecule has 0 bridgehead atoms. The number of furan rings is 2. The predicted molar refractivity (Wildman–Crippen MR) is 294 cm³/mol. The van der Waals surface area contributed by atoms with E-state index in [-0.39, 0.29) is 0 Å². The summed E-state index contributed by atoms with van der Waals surface area (Å²) in [4.78, 5) is 6.98. The SMILES string of the molecule is Cc1ccc(N(c2ccc(C)cc2)c2ccc(-c3ccc(N(c4ccc(C)cc4)c4ccc5oc6ccc(N(c7ccc(C)cc7)c7ccc8oc9ccc(C)cc9c8c7)cc6c5c4)cc3)cc2)cc1. The molecule has 2 aromatic heterocycles. The van der Waals surface area contributed by atoms with Gasteiger partial charge in [0.2, 0.25) is 0 Å². The lowest BCUT2D eigenvalue weighted by Crippen LogP contribution is -2.10. The Morgan fingerprint density at radius 1 is 0.214 bits per heavy atom. The van der Waals surface area contributed by atoms with Crippen molar-refractivity contribution in [1.82, 2.24) is 0 Å². The zero-order valence-electron chi connectivity index (χ0n) is 39.9. The van der Waals surface area contributed by atoms with Gasteiger partial charge in [0.25, 0.3) is 0 Å². The molecule has 338 valence electrons. The minimum absolute atomic E-state index is 0.838. The molecule has 0 aliphatic rings. The van der Waals surface area contributed by atoms with E-state index in [1.54, 1.807) is 0 Å². The van der Waals surface area contributed by atoms with Gasteiger partial charge in [0.05, 0.1) is 0 Å². The summed E-state index contributed by atoms with van der Waals surface area (Å²) in [5.41, 5.74) is 21.5. The van der Waals surface area contributed by atoms with E-state index in [0.717, 1.165) is 106 Å². The topological polar surface area (TPSA) is 36.0 Å². The minimum atomic E-state index is 0.838. The van der Waals surface area contributed by atoms with Crippen LogP contribution in [0.25, 0.3) is 55.0 Å². The van der Waals surface area contributed by atoms with Crippen molar-refractivity contribution in [3.8, 4) is 11.1 Å². The van der Waals surface area contributed by atoms with Crippen molar-refractivity contribution in [3.63, 3.8) is 0 Å². The molecule has 0 aliphatic carbocycles. The van der Waals surface area contributed by atoms with E-state index in [1.807, 2.05) is 0 Å². The molecule has 5 nitrogen and oxygen atoms in total. The number of hydrogen-bond acceptors (Lipinski definition) is 5. The molecule has 12 aromatic rings. The Bertz CT molecular complexity index is 3800. The zero-order valence-corrected chi connectivity index (χ0v) is 39.9. The molecule has 12 rings (SSSR count). The third-order valence-electron chi connectivity index (χ3n) is 13.6. The Hall–Kier alpha value is -8.80. The van der Waals surface area contributed by atoms with E-state index in [2.05, 4.69) is 268 Å². The first-order valence-corrected chi connectivity index (χ1v) is 24.0. The maximum absolute atomic E-state index is 6.58. The molecule has 70 heavy (non-hydrogen) atoms. The fourth-order valence-electron chi connectivity index (χ4n) is 9.77. The largest absolute Gasteiger partial charge is 0.456 e. The maximum Gasteiger partial charge on any atom is 0.135 e. The van der Waals surface area contributed by atoms with Crippen LogP contribution in [0, 0.1) is 34.6 Å². The summed E-state index contributed by atoms with van der Waals surface area (Å²) in [5, 5.41) is 4.30. The Kier molecular flexibility index (Phi) is 10.6. The Morgan fingerprint density at radius 2 is 0.429 bits per heavy atom. The van der Waals surface area contributed by atoms with Gasteiger partial charge in [-0.1, -0.05) is 107 Å². The van der Waals surface area contributed by atoms with E-state index >= 15 is 0 Å². The van der Waals surface area contributed by atoms with Crippen molar-refractivity contribution >= 4 is 95.1 Å². The Morgan fingerprint density at radius 3 is 0.743 bits per heavy atom. The third-order valence-corrected chi connectivity index (χ3v) is 13.6. The molecule has 5 heteroatoms. The smallest absolute Gasteiger partial charge is 0.135 e. The number of anilines is 9. The van der Waals surface area contributed by atoms with Gasteiger partial charge in [-0.15, -0.1) is 0 Å². The summed E-state index contributed by atoms with van der Waals surface area (Å²) in [6.07, 6.45) is 0. The monoisotopic (exact) mass is 905 g/mol. The second-order valence-electron chi connectivity index (χ2n) is 18.7. The van der Waals surface area contributed by atoms with Crippen molar-refractivity contribution in [1.29, 1.82) is 0 Å². The lowest BCUT2D eigenvalue weighted by atomic mass is 10.0. The van der Waals surface area contributed by atoms with Crippen molar-refractivity contribution in [2.45, 2.75) is 34.6 Å². The minimum Gasteiger partial charge on any atom is -0.456 e. The van der Waals surface area contributed by atoms with Gasteiger partial charge in [-0.3, -0.25) is 0 Å². The van der Waals surface area contributed by atoms with Gasteiger partial charge < -0.3 is 23.5 Å². The molecular formula is C65H51N3O2. The summed E-state index contributed by atoms with van der Waals surface area (Å²) in [7, 11) is 0. The van der Waals surface area contributed by atoms with Gasteiger partial charge >= 0.3 is 0 Å². The van der Waals surface area contributed by atoms with Crippen LogP contribution in [0.15, 0.2) is 227 Å². The normalized spacial score (nSPS) is 11.5. The lowest BCUT2D eigenvalue weighted by molar-refractivity contribution is 0.668. The van der Waals surface area contributed by atoms with Crippen LogP contribution in [-0.4, -0.2) is 0 Å². The van der Waals surface area contributed by atoms with Crippen molar-refractivity contribution in [3.05, 3.63) is 246 Å². The van der Waals surface area contributed by atoms with E-state index in [0.29, 0.717) is 0 Å². The van der Waals surface area contributed by atoms with Gasteiger partial charge in [-0.25, -0.2) is 0 Å². The first-order valence-electron chi connectivity index (χ1n) is 24.0. The molecule has 0 N–H and O–H groups in total. The average Bonchev–Trinajstić information content (AvgIpc) is 3.94. The van der Waals surface area contributed by atoms with Gasteiger partial charge in [0.1, 0.15) is 22.3 Å². The van der Waals surface area contributed by atoms with E-state index in [4.69, 9.17) is 8.83 Å². The molecular weight excluding hydrogens is 855 g/mol. The number of benzene rings is 10. The number of aryl methyl sites for hydroxylation is 5. The first kappa shape index (κ1) is 42.5. The molecule has 0 atom stereocenters.